The second kappa shape index (κ2) is 4.94. The fraction of sp³-hybridized carbons (Fsp3) is 0.833. The van der Waals surface area contributed by atoms with Crippen LogP contribution in [0.25, 0.3) is 0 Å². The third-order valence-corrected chi connectivity index (χ3v) is 2.33. The van der Waals surface area contributed by atoms with Crippen molar-refractivity contribution in [2.24, 2.45) is 0 Å². The highest BCUT2D eigenvalue weighted by molar-refractivity contribution is 5.05. The van der Waals surface area contributed by atoms with Crippen LogP contribution in [0, 0.1) is 0 Å². The zero-order chi connectivity index (χ0) is 10.6. The molecule has 1 saturated heterocycles. The molecule has 0 bridgehead atoms. The Kier molecular flexibility index (Phi) is 4.14. The van der Waals surface area contributed by atoms with E-state index in [0.29, 0.717) is 6.10 Å². The second-order valence-electron chi connectivity index (χ2n) is 5.17. The van der Waals surface area contributed by atoms with Gasteiger partial charge in [-0.25, -0.2) is 0 Å². The van der Waals surface area contributed by atoms with Gasteiger partial charge in [0.1, 0.15) is 0 Å². The summed E-state index contributed by atoms with van der Waals surface area (Å²) in [6.45, 7) is 10.6. The van der Waals surface area contributed by atoms with Gasteiger partial charge < -0.3 is 10.1 Å². The standard InChI is InChI=1S/C12H23NO/c1-10(9-13-12(2,3)4)8-11-6-5-7-14-11/h8,11,13H,5-7,9H2,1-4H3. The van der Waals surface area contributed by atoms with E-state index in [9.17, 15) is 0 Å². The molecule has 0 aromatic heterocycles. The van der Waals surface area contributed by atoms with Crippen LogP contribution in [0.2, 0.25) is 0 Å². The van der Waals surface area contributed by atoms with Crippen molar-refractivity contribution in [3.05, 3.63) is 11.6 Å². The molecule has 0 saturated carbocycles. The summed E-state index contributed by atoms with van der Waals surface area (Å²) in [5.41, 5.74) is 1.58. The lowest BCUT2D eigenvalue weighted by Gasteiger charge is -2.21. The van der Waals surface area contributed by atoms with E-state index in [0.717, 1.165) is 13.2 Å². The fourth-order valence-corrected chi connectivity index (χ4v) is 1.51. The molecule has 0 aromatic rings. The fourth-order valence-electron chi connectivity index (χ4n) is 1.51. The molecule has 82 valence electrons. The highest BCUT2D eigenvalue weighted by Gasteiger charge is 2.13. The zero-order valence-corrected chi connectivity index (χ0v) is 9.89. The van der Waals surface area contributed by atoms with Crippen LogP contribution in [-0.2, 0) is 4.74 Å². The van der Waals surface area contributed by atoms with Gasteiger partial charge in [0.2, 0.25) is 0 Å². The van der Waals surface area contributed by atoms with Crippen LogP contribution in [0.15, 0.2) is 11.6 Å². The van der Waals surface area contributed by atoms with Gasteiger partial charge in [-0.1, -0.05) is 11.6 Å². The summed E-state index contributed by atoms with van der Waals surface area (Å²) in [6.07, 6.45) is 5.02. The normalized spacial score (nSPS) is 24.3. The van der Waals surface area contributed by atoms with Crippen LogP contribution in [0.1, 0.15) is 40.5 Å². The summed E-state index contributed by atoms with van der Waals surface area (Å²) in [5.74, 6) is 0. The Bertz CT molecular complexity index is 197. The van der Waals surface area contributed by atoms with E-state index in [4.69, 9.17) is 4.74 Å². The van der Waals surface area contributed by atoms with Crippen molar-refractivity contribution in [3.8, 4) is 0 Å². The highest BCUT2D eigenvalue weighted by atomic mass is 16.5. The Labute approximate surface area is 87.7 Å². The van der Waals surface area contributed by atoms with E-state index in [2.05, 4.69) is 39.1 Å². The average Bonchev–Trinajstić information content (AvgIpc) is 2.52. The minimum absolute atomic E-state index is 0.200. The summed E-state index contributed by atoms with van der Waals surface area (Å²) in [7, 11) is 0. The predicted molar refractivity (Wildman–Crippen MR) is 60.5 cm³/mol. The Morgan fingerprint density at radius 1 is 1.50 bits per heavy atom. The Hall–Kier alpha value is -0.340. The molecule has 1 N–H and O–H groups in total. The highest BCUT2D eigenvalue weighted by Crippen LogP contribution is 2.14. The summed E-state index contributed by atoms with van der Waals surface area (Å²) < 4.78 is 5.55. The number of nitrogens with one attached hydrogen (secondary N) is 1. The van der Waals surface area contributed by atoms with Crippen LogP contribution in [0.5, 0.6) is 0 Å². The van der Waals surface area contributed by atoms with Gasteiger partial charge in [-0.2, -0.15) is 0 Å². The minimum atomic E-state index is 0.200. The van der Waals surface area contributed by atoms with E-state index in [1.807, 2.05) is 0 Å². The number of hydrogen-bond donors (Lipinski definition) is 1. The van der Waals surface area contributed by atoms with Gasteiger partial charge in [0.15, 0.2) is 0 Å². The SMILES string of the molecule is CC(=CC1CCCO1)CNC(C)(C)C. The molecule has 1 heterocycles. The monoisotopic (exact) mass is 197 g/mol. The van der Waals surface area contributed by atoms with Crippen molar-refractivity contribution in [2.75, 3.05) is 13.2 Å². The third-order valence-electron chi connectivity index (χ3n) is 2.33. The van der Waals surface area contributed by atoms with E-state index in [1.54, 1.807) is 0 Å². The molecular formula is C12H23NO. The van der Waals surface area contributed by atoms with Crippen LogP contribution < -0.4 is 5.32 Å². The molecule has 1 fully saturated rings. The van der Waals surface area contributed by atoms with E-state index < -0.39 is 0 Å². The first-order valence-corrected chi connectivity index (χ1v) is 5.51. The van der Waals surface area contributed by atoms with Crippen molar-refractivity contribution >= 4 is 0 Å². The summed E-state index contributed by atoms with van der Waals surface area (Å²) in [5, 5.41) is 3.47. The molecule has 1 aliphatic rings. The first kappa shape index (κ1) is 11.7. The zero-order valence-electron chi connectivity index (χ0n) is 9.89. The second-order valence-corrected chi connectivity index (χ2v) is 5.17. The van der Waals surface area contributed by atoms with Gasteiger partial charge in [-0.05, 0) is 40.5 Å². The van der Waals surface area contributed by atoms with Gasteiger partial charge >= 0.3 is 0 Å². The van der Waals surface area contributed by atoms with Crippen LogP contribution >= 0.6 is 0 Å². The van der Waals surface area contributed by atoms with Crippen molar-refractivity contribution in [3.63, 3.8) is 0 Å². The molecule has 0 aromatic carbocycles. The number of hydrogen-bond acceptors (Lipinski definition) is 2. The van der Waals surface area contributed by atoms with Crippen molar-refractivity contribution in [2.45, 2.75) is 52.2 Å². The van der Waals surface area contributed by atoms with Crippen LogP contribution in [-0.4, -0.2) is 24.8 Å². The number of ether oxygens (including phenoxy) is 1. The van der Waals surface area contributed by atoms with E-state index in [-0.39, 0.29) is 5.54 Å². The van der Waals surface area contributed by atoms with Gasteiger partial charge in [-0.15, -0.1) is 0 Å². The molecule has 0 radical (unpaired) electrons. The molecule has 1 atom stereocenters. The van der Waals surface area contributed by atoms with E-state index in [1.165, 1.54) is 18.4 Å². The first-order chi connectivity index (χ1) is 6.47. The molecular weight excluding hydrogens is 174 g/mol. The predicted octanol–water partition coefficient (Wildman–Crippen LogP) is 2.50. The summed E-state index contributed by atoms with van der Waals surface area (Å²) in [4.78, 5) is 0. The van der Waals surface area contributed by atoms with Crippen LogP contribution in [0.3, 0.4) is 0 Å². The topological polar surface area (TPSA) is 21.3 Å². The Morgan fingerprint density at radius 2 is 2.21 bits per heavy atom. The van der Waals surface area contributed by atoms with Crippen molar-refractivity contribution < 1.29 is 4.74 Å². The minimum Gasteiger partial charge on any atom is -0.374 e. The van der Waals surface area contributed by atoms with Gasteiger partial charge in [0.25, 0.3) is 0 Å². The Morgan fingerprint density at radius 3 is 2.71 bits per heavy atom. The first-order valence-electron chi connectivity index (χ1n) is 5.51. The lowest BCUT2D eigenvalue weighted by Crippen LogP contribution is -2.36. The molecule has 14 heavy (non-hydrogen) atoms. The maximum Gasteiger partial charge on any atom is 0.0759 e. The maximum absolute atomic E-state index is 5.55. The molecule has 0 spiro atoms. The van der Waals surface area contributed by atoms with Crippen molar-refractivity contribution in [1.29, 1.82) is 0 Å². The van der Waals surface area contributed by atoms with Crippen molar-refractivity contribution in [1.82, 2.24) is 5.32 Å². The number of rotatable bonds is 3. The quantitative estimate of drug-likeness (QED) is 0.702. The summed E-state index contributed by atoms with van der Waals surface area (Å²) in [6, 6.07) is 0. The lowest BCUT2D eigenvalue weighted by molar-refractivity contribution is 0.145. The lowest BCUT2D eigenvalue weighted by atomic mass is 10.1. The van der Waals surface area contributed by atoms with Gasteiger partial charge in [0.05, 0.1) is 6.10 Å². The average molecular weight is 197 g/mol. The Balaban J connectivity index is 2.29. The molecule has 2 heteroatoms. The van der Waals surface area contributed by atoms with Crippen LogP contribution in [0.4, 0.5) is 0 Å². The smallest absolute Gasteiger partial charge is 0.0759 e. The molecule has 2 nitrogen and oxygen atoms in total. The van der Waals surface area contributed by atoms with Gasteiger partial charge in [-0.3, -0.25) is 0 Å². The van der Waals surface area contributed by atoms with E-state index >= 15 is 0 Å². The largest absolute Gasteiger partial charge is 0.374 e. The van der Waals surface area contributed by atoms with Gasteiger partial charge in [0, 0.05) is 18.7 Å². The summed E-state index contributed by atoms with van der Waals surface area (Å²) >= 11 is 0. The molecule has 0 aliphatic carbocycles. The molecule has 1 rings (SSSR count). The molecule has 1 unspecified atom stereocenters. The molecule has 1 aliphatic heterocycles. The maximum atomic E-state index is 5.55. The molecule has 0 amide bonds. The third kappa shape index (κ3) is 4.77.